The van der Waals surface area contributed by atoms with Crippen LogP contribution in [0.4, 0.5) is 0 Å². The van der Waals surface area contributed by atoms with E-state index in [1.807, 2.05) is 0 Å². The average molecular weight is 267 g/mol. The van der Waals surface area contributed by atoms with Crippen LogP contribution in [0, 0.1) is 0 Å². The number of phenolic OH excluding ortho intramolecular Hbond substituents is 2. The van der Waals surface area contributed by atoms with Gasteiger partial charge in [-0.15, -0.1) is 0 Å². The maximum absolute atomic E-state index is 12.2. The number of hydrogen-bond acceptors (Lipinski definition) is 5. The fourth-order valence-electron chi connectivity index (χ4n) is 2.13. The minimum absolute atomic E-state index is 0.0549. The molecule has 1 aromatic rings. The molecule has 102 valence electrons. The summed E-state index contributed by atoms with van der Waals surface area (Å²) in [5.41, 5.74) is -0.194. The van der Waals surface area contributed by atoms with Crippen LogP contribution in [0.1, 0.15) is 16.8 Å². The van der Waals surface area contributed by atoms with Crippen LogP contribution < -0.4 is 0 Å². The van der Waals surface area contributed by atoms with Crippen molar-refractivity contribution in [2.75, 3.05) is 6.54 Å². The van der Waals surface area contributed by atoms with Gasteiger partial charge in [-0.3, -0.25) is 4.79 Å². The normalized spacial score (nSPS) is 22.5. The number of carboxylic acids is 1. The third-order valence-corrected chi connectivity index (χ3v) is 3.07. The van der Waals surface area contributed by atoms with Crippen LogP contribution in [-0.4, -0.2) is 55.9 Å². The SMILES string of the molecule is O=C(O)[C@@H]1C[C@H](O)CN1C(=O)c1cccc(O)c1O. The molecule has 1 aliphatic rings. The number of β-amino-alcohol motifs (C(OH)–C–C–N with tert-alkyl or cyclic N) is 1. The average Bonchev–Trinajstić information content (AvgIpc) is 2.74. The monoisotopic (exact) mass is 267 g/mol. The number of para-hydroxylation sites is 1. The number of aliphatic carboxylic acids is 1. The molecule has 19 heavy (non-hydrogen) atoms. The van der Waals surface area contributed by atoms with Crippen LogP contribution in [0.15, 0.2) is 18.2 Å². The summed E-state index contributed by atoms with van der Waals surface area (Å²) in [5.74, 6) is -3.02. The molecule has 4 N–H and O–H groups in total. The van der Waals surface area contributed by atoms with Crippen molar-refractivity contribution in [2.45, 2.75) is 18.6 Å². The second kappa shape index (κ2) is 4.77. The Morgan fingerprint density at radius 3 is 2.58 bits per heavy atom. The van der Waals surface area contributed by atoms with E-state index >= 15 is 0 Å². The molecular weight excluding hydrogens is 254 g/mol. The van der Waals surface area contributed by atoms with Gasteiger partial charge in [-0.25, -0.2) is 4.79 Å². The summed E-state index contributed by atoms with van der Waals surface area (Å²) in [4.78, 5) is 24.2. The standard InChI is InChI=1S/C12H13NO6/c14-6-4-8(12(18)19)13(5-6)11(17)7-2-1-3-9(15)10(7)16/h1-3,6,8,14-16H,4-5H2,(H,18,19)/t6-,8-/m0/s1. The number of phenols is 2. The van der Waals surface area contributed by atoms with Gasteiger partial charge in [0.05, 0.1) is 11.7 Å². The number of amides is 1. The van der Waals surface area contributed by atoms with E-state index in [1.165, 1.54) is 18.2 Å². The number of nitrogens with zero attached hydrogens (tertiary/aromatic N) is 1. The Bertz CT molecular complexity index is 529. The quantitative estimate of drug-likeness (QED) is 0.549. The van der Waals surface area contributed by atoms with E-state index in [9.17, 15) is 24.9 Å². The predicted molar refractivity (Wildman–Crippen MR) is 62.9 cm³/mol. The van der Waals surface area contributed by atoms with Gasteiger partial charge in [-0.1, -0.05) is 6.07 Å². The number of benzene rings is 1. The van der Waals surface area contributed by atoms with E-state index in [0.717, 1.165) is 4.90 Å². The Hall–Kier alpha value is -2.28. The second-order valence-corrected chi connectivity index (χ2v) is 4.37. The Kier molecular flexibility index (Phi) is 3.30. The topological polar surface area (TPSA) is 118 Å². The maximum Gasteiger partial charge on any atom is 0.326 e. The zero-order chi connectivity index (χ0) is 14.2. The van der Waals surface area contributed by atoms with Gasteiger partial charge >= 0.3 is 5.97 Å². The molecule has 2 atom stereocenters. The van der Waals surface area contributed by atoms with Crippen molar-refractivity contribution in [3.8, 4) is 11.5 Å². The van der Waals surface area contributed by atoms with Crippen molar-refractivity contribution in [3.05, 3.63) is 23.8 Å². The predicted octanol–water partition coefficient (Wildman–Crippen LogP) is -0.242. The van der Waals surface area contributed by atoms with Crippen molar-refractivity contribution in [3.63, 3.8) is 0 Å². The van der Waals surface area contributed by atoms with E-state index in [-0.39, 0.29) is 18.5 Å². The lowest BCUT2D eigenvalue weighted by Gasteiger charge is -2.21. The molecule has 7 heteroatoms. The zero-order valence-electron chi connectivity index (χ0n) is 9.85. The molecule has 0 saturated carbocycles. The fraction of sp³-hybridized carbons (Fsp3) is 0.333. The lowest BCUT2D eigenvalue weighted by molar-refractivity contribution is -0.141. The molecule has 0 radical (unpaired) electrons. The number of carbonyl (C=O) groups is 2. The van der Waals surface area contributed by atoms with E-state index in [1.54, 1.807) is 0 Å². The van der Waals surface area contributed by atoms with Gasteiger partial charge in [-0.05, 0) is 12.1 Å². The van der Waals surface area contributed by atoms with Gasteiger partial charge in [0, 0.05) is 13.0 Å². The lowest BCUT2D eigenvalue weighted by atomic mass is 10.1. The minimum atomic E-state index is -1.22. The van der Waals surface area contributed by atoms with Crippen molar-refractivity contribution in [2.24, 2.45) is 0 Å². The fourth-order valence-corrected chi connectivity index (χ4v) is 2.13. The smallest absolute Gasteiger partial charge is 0.326 e. The number of hydrogen-bond donors (Lipinski definition) is 4. The summed E-state index contributed by atoms with van der Waals surface area (Å²) in [6.07, 6.45) is -0.967. The van der Waals surface area contributed by atoms with Gasteiger partial charge in [0.1, 0.15) is 6.04 Å². The Morgan fingerprint density at radius 2 is 1.95 bits per heavy atom. The van der Waals surface area contributed by atoms with Crippen molar-refractivity contribution < 1.29 is 30.0 Å². The highest BCUT2D eigenvalue weighted by atomic mass is 16.4. The Labute approximate surface area is 108 Å². The molecule has 1 amide bonds. The first-order valence-corrected chi connectivity index (χ1v) is 5.64. The summed E-state index contributed by atoms with van der Waals surface area (Å²) in [5, 5.41) is 37.4. The van der Waals surface area contributed by atoms with Crippen LogP contribution in [-0.2, 0) is 4.79 Å². The molecule has 1 aliphatic heterocycles. The molecule has 0 bridgehead atoms. The summed E-state index contributed by atoms with van der Waals surface area (Å²) < 4.78 is 0. The number of aliphatic hydroxyl groups excluding tert-OH is 1. The third-order valence-electron chi connectivity index (χ3n) is 3.07. The summed E-state index contributed by atoms with van der Waals surface area (Å²) in [6, 6.07) is 2.72. The number of aliphatic hydroxyl groups is 1. The van der Waals surface area contributed by atoms with Gasteiger partial charge < -0.3 is 25.3 Å². The van der Waals surface area contributed by atoms with E-state index in [2.05, 4.69) is 0 Å². The van der Waals surface area contributed by atoms with E-state index < -0.39 is 35.5 Å². The third kappa shape index (κ3) is 2.32. The zero-order valence-corrected chi connectivity index (χ0v) is 9.85. The van der Waals surface area contributed by atoms with Crippen LogP contribution in [0.5, 0.6) is 11.5 Å². The first-order valence-electron chi connectivity index (χ1n) is 5.64. The first-order chi connectivity index (χ1) is 8.91. The maximum atomic E-state index is 12.2. The van der Waals surface area contributed by atoms with Gasteiger partial charge in [-0.2, -0.15) is 0 Å². The molecule has 1 fully saturated rings. The van der Waals surface area contributed by atoms with E-state index in [4.69, 9.17) is 5.11 Å². The molecular formula is C12H13NO6. The first kappa shape index (κ1) is 13.2. The van der Waals surface area contributed by atoms with Crippen LogP contribution in [0.2, 0.25) is 0 Å². The van der Waals surface area contributed by atoms with E-state index in [0.29, 0.717) is 0 Å². The van der Waals surface area contributed by atoms with Crippen molar-refractivity contribution in [1.82, 2.24) is 4.90 Å². The number of likely N-dealkylation sites (tertiary alicyclic amines) is 1. The molecule has 0 aromatic heterocycles. The molecule has 1 heterocycles. The van der Waals surface area contributed by atoms with Crippen LogP contribution in [0.25, 0.3) is 0 Å². The molecule has 2 rings (SSSR count). The van der Waals surface area contributed by atoms with Gasteiger partial charge in [0.2, 0.25) is 0 Å². The van der Waals surface area contributed by atoms with Crippen LogP contribution >= 0.6 is 0 Å². The molecule has 1 aromatic carbocycles. The van der Waals surface area contributed by atoms with Gasteiger partial charge in [0.25, 0.3) is 5.91 Å². The number of rotatable bonds is 2. The summed E-state index contributed by atoms with van der Waals surface area (Å²) in [6.45, 7) is -0.120. The second-order valence-electron chi connectivity index (χ2n) is 4.37. The Balaban J connectivity index is 2.33. The summed E-state index contributed by atoms with van der Waals surface area (Å²) in [7, 11) is 0. The number of carbonyl (C=O) groups excluding carboxylic acids is 1. The summed E-state index contributed by atoms with van der Waals surface area (Å²) >= 11 is 0. The highest BCUT2D eigenvalue weighted by molar-refractivity contribution is 5.99. The number of carboxylic acid groups (broad SMARTS) is 1. The molecule has 7 nitrogen and oxygen atoms in total. The molecule has 0 aliphatic carbocycles. The van der Waals surface area contributed by atoms with Crippen molar-refractivity contribution >= 4 is 11.9 Å². The molecule has 0 unspecified atom stereocenters. The van der Waals surface area contributed by atoms with Crippen molar-refractivity contribution in [1.29, 1.82) is 0 Å². The molecule has 1 saturated heterocycles. The minimum Gasteiger partial charge on any atom is -0.504 e. The number of aromatic hydroxyl groups is 2. The lowest BCUT2D eigenvalue weighted by Crippen LogP contribution is -2.40. The largest absolute Gasteiger partial charge is 0.504 e. The molecule has 0 spiro atoms. The highest BCUT2D eigenvalue weighted by Gasteiger charge is 2.40. The van der Waals surface area contributed by atoms with Crippen LogP contribution in [0.3, 0.4) is 0 Å². The Morgan fingerprint density at radius 1 is 1.26 bits per heavy atom. The van der Waals surface area contributed by atoms with Gasteiger partial charge in [0.15, 0.2) is 11.5 Å². The highest BCUT2D eigenvalue weighted by Crippen LogP contribution is 2.31.